The zero-order valence-corrected chi connectivity index (χ0v) is 36.5. The Hall–Kier alpha value is -8.00. The molecule has 0 unspecified atom stereocenters. The Morgan fingerprint density at radius 1 is 0.277 bits per heavy atom. The zero-order valence-electron chi connectivity index (χ0n) is 36.5. The molecule has 3 aliphatic rings. The number of rotatable bonds is 6. The van der Waals surface area contributed by atoms with Crippen molar-refractivity contribution in [1.82, 2.24) is 0 Å². The fraction of sp³-hybridized carbons (Fsp3) is 0.0625. The number of fused-ring (bicyclic) bond motifs is 13. The van der Waals surface area contributed by atoms with Crippen LogP contribution in [0.25, 0.3) is 66.8 Å². The summed E-state index contributed by atoms with van der Waals surface area (Å²) < 4.78 is 0. The molecule has 3 aliphatic carbocycles. The minimum Gasteiger partial charge on any atom is -0.310 e. The number of anilines is 3. The van der Waals surface area contributed by atoms with Gasteiger partial charge in [-0.2, -0.15) is 0 Å². The van der Waals surface area contributed by atoms with E-state index in [4.69, 9.17) is 0 Å². The molecule has 1 spiro atoms. The molecule has 13 rings (SSSR count). The first-order valence-electron chi connectivity index (χ1n) is 22.8. The first-order chi connectivity index (χ1) is 32.0. The standard InChI is InChI=1S/C64H45N/c1-63(2)55-28-11-6-23-50(55)53-39-36-45(41-60(53)63)48-22-10-15-33-61(48)65(46-37-34-43(35-38-46)42-18-4-3-5-19-42)47-21-16-20-44(40-47)49-27-17-32-59-62(49)54-26-9-14-31-58(54)64(59)56-29-12-7-24-51(56)52-25-8-13-30-57(52)64/h3-41H,1-2H3. The highest BCUT2D eigenvalue weighted by Gasteiger charge is 2.52. The molecule has 0 aromatic heterocycles. The molecule has 0 radical (unpaired) electrons. The molecule has 0 aliphatic heterocycles. The smallest absolute Gasteiger partial charge is 0.0725 e. The molecule has 306 valence electrons. The van der Waals surface area contributed by atoms with Crippen LogP contribution < -0.4 is 4.90 Å². The number of hydrogen-bond acceptors (Lipinski definition) is 1. The van der Waals surface area contributed by atoms with Crippen molar-refractivity contribution in [3.8, 4) is 66.8 Å². The van der Waals surface area contributed by atoms with Crippen molar-refractivity contribution in [1.29, 1.82) is 0 Å². The van der Waals surface area contributed by atoms with Gasteiger partial charge in [-0.05, 0) is 131 Å². The molecule has 0 N–H and O–H groups in total. The first-order valence-corrected chi connectivity index (χ1v) is 22.8. The summed E-state index contributed by atoms with van der Waals surface area (Å²) >= 11 is 0. The van der Waals surface area contributed by atoms with Crippen LogP contribution in [-0.2, 0) is 10.8 Å². The van der Waals surface area contributed by atoms with E-state index in [1.807, 2.05) is 0 Å². The average molecular weight is 828 g/mol. The van der Waals surface area contributed by atoms with Crippen LogP contribution in [0, 0.1) is 0 Å². The second kappa shape index (κ2) is 14.3. The van der Waals surface area contributed by atoms with E-state index >= 15 is 0 Å². The maximum absolute atomic E-state index is 2.46. The van der Waals surface area contributed by atoms with Crippen LogP contribution in [0.2, 0.25) is 0 Å². The van der Waals surface area contributed by atoms with E-state index < -0.39 is 5.41 Å². The first kappa shape index (κ1) is 37.5. The molecule has 10 aromatic carbocycles. The van der Waals surface area contributed by atoms with Crippen LogP contribution in [0.1, 0.15) is 47.2 Å². The number of para-hydroxylation sites is 1. The fourth-order valence-electron chi connectivity index (χ4n) is 11.8. The summed E-state index contributed by atoms with van der Waals surface area (Å²) in [6, 6.07) is 88.1. The molecule has 65 heavy (non-hydrogen) atoms. The predicted octanol–water partition coefficient (Wildman–Crippen LogP) is 16.8. The average Bonchev–Trinajstić information content (AvgIpc) is 3.93. The number of hydrogen-bond donors (Lipinski definition) is 0. The van der Waals surface area contributed by atoms with Gasteiger partial charge in [0.1, 0.15) is 0 Å². The Labute approximate surface area is 381 Å². The summed E-state index contributed by atoms with van der Waals surface area (Å²) in [7, 11) is 0. The third-order valence-corrected chi connectivity index (χ3v) is 14.7. The maximum Gasteiger partial charge on any atom is 0.0725 e. The van der Waals surface area contributed by atoms with Crippen molar-refractivity contribution in [2.24, 2.45) is 0 Å². The van der Waals surface area contributed by atoms with Gasteiger partial charge in [-0.25, -0.2) is 0 Å². The summed E-state index contributed by atoms with van der Waals surface area (Å²) in [5.41, 5.74) is 26.2. The Kier molecular flexibility index (Phi) is 8.24. The van der Waals surface area contributed by atoms with Crippen molar-refractivity contribution in [3.05, 3.63) is 270 Å². The highest BCUT2D eigenvalue weighted by atomic mass is 15.1. The molecular weight excluding hydrogens is 783 g/mol. The van der Waals surface area contributed by atoms with Gasteiger partial charge in [-0.15, -0.1) is 0 Å². The van der Waals surface area contributed by atoms with Crippen molar-refractivity contribution >= 4 is 17.1 Å². The van der Waals surface area contributed by atoms with Crippen LogP contribution in [0.5, 0.6) is 0 Å². The van der Waals surface area contributed by atoms with Crippen LogP contribution in [-0.4, -0.2) is 0 Å². The van der Waals surface area contributed by atoms with Crippen molar-refractivity contribution < 1.29 is 0 Å². The van der Waals surface area contributed by atoms with Crippen LogP contribution >= 0.6 is 0 Å². The third kappa shape index (κ3) is 5.39. The van der Waals surface area contributed by atoms with Crippen LogP contribution in [0.4, 0.5) is 17.1 Å². The summed E-state index contributed by atoms with van der Waals surface area (Å²) in [4.78, 5) is 2.46. The maximum atomic E-state index is 2.46. The van der Waals surface area contributed by atoms with E-state index in [1.165, 1.54) is 100 Å². The summed E-state index contributed by atoms with van der Waals surface area (Å²) in [6.45, 7) is 4.73. The lowest BCUT2D eigenvalue weighted by molar-refractivity contribution is 0.660. The van der Waals surface area contributed by atoms with Crippen LogP contribution in [0.3, 0.4) is 0 Å². The zero-order chi connectivity index (χ0) is 43.3. The molecule has 10 aromatic rings. The SMILES string of the molecule is CC1(C)c2ccccc2-c2ccc(-c3ccccc3N(c3ccc(-c4ccccc4)cc3)c3cccc(-c4cccc5c4-c4ccccc4C54c5ccccc5-c5ccccc54)c3)cc21. The van der Waals surface area contributed by atoms with Gasteiger partial charge in [0.2, 0.25) is 0 Å². The van der Waals surface area contributed by atoms with E-state index in [2.05, 4.69) is 255 Å². The molecule has 0 heterocycles. The largest absolute Gasteiger partial charge is 0.310 e. The lowest BCUT2D eigenvalue weighted by atomic mass is 9.70. The van der Waals surface area contributed by atoms with E-state index in [0.29, 0.717) is 0 Å². The second-order valence-corrected chi connectivity index (χ2v) is 18.4. The van der Waals surface area contributed by atoms with Gasteiger partial charge in [-0.3, -0.25) is 0 Å². The Bertz CT molecular complexity index is 3470. The summed E-state index contributed by atoms with van der Waals surface area (Å²) in [6.07, 6.45) is 0. The van der Waals surface area contributed by atoms with E-state index in [-0.39, 0.29) is 5.41 Å². The van der Waals surface area contributed by atoms with Crippen molar-refractivity contribution in [3.63, 3.8) is 0 Å². The Balaban J connectivity index is 0.998. The summed E-state index contributed by atoms with van der Waals surface area (Å²) in [5.74, 6) is 0. The summed E-state index contributed by atoms with van der Waals surface area (Å²) in [5, 5.41) is 0. The van der Waals surface area contributed by atoms with E-state index in [0.717, 1.165) is 17.1 Å². The van der Waals surface area contributed by atoms with E-state index in [9.17, 15) is 0 Å². The van der Waals surface area contributed by atoms with E-state index in [1.54, 1.807) is 0 Å². The minimum absolute atomic E-state index is 0.103. The fourth-order valence-corrected chi connectivity index (χ4v) is 11.8. The predicted molar refractivity (Wildman–Crippen MR) is 271 cm³/mol. The molecule has 0 fully saturated rings. The highest BCUT2D eigenvalue weighted by Crippen LogP contribution is 2.64. The quantitative estimate of drug-likeness (QED) is 0.161. The van der Waals surface area contributed by atoms with Gasteiger partial charge in [0.25, 0.3) is 0 Å². The highest BCUT2D eigenvalue weighted by molar-refractivity contribution is 6.01. The van der Waals surface area contributed by atoms with Gasteiger partial charge in [0, 0.05) is 22.4 Å². The van der Waals surface area contributed by atoms with Gasteiger partial charge < -0.3 is 4.90 Å². The van der Waals surface area contributed by atoms with Crippen molar-refractivity contribution in [2.45, 2.75) is 24.7 Å². The molecule has 0 saturated heterocycles. The Morgan fingerprint density at radius 3 is 1.45 bits per heavy atom. The molecule has 0 saturated carbocycles. The lowest BCUT2D eigenvalue weighted by Gasteiger charge is -2.30. The molecule has 0 amide bonds. The normalized spacial score (nSPS) is 13.9. The molecular formula is C64H45N. The lowest BCUT2D eigenvalue weighted by Crippen LogP contribution is -2.25. The minimum atomic E-state index is -0.399. The van der Waals surface area contributed by atoms with Crippen LogP contribution in [0.15, 0.2) is 237 Å². The third-order valence-electron chi connectivity index (χ3n) is 14.7. The Morgan fingerprint density at radius 2 is 0.738 bits per heavy atom. The number of nitrogens with zero attached hydrogens (tertiary/aromatic N) is 1. The topological polar surface area (TPSA) is 3.24 Å². The van der Waals surface area contributed by atoms with Gasteiger partial charge >= 0.3 is 0 Å². The molecule has 1 nitrogen and oxygen atoms in total. The molecule has 0 atom stereocenters. The van der Waals surface area contributed by atoms with Gasteiger partial charge in [0.15, 0.2) is 0 Å². The van der Waals surface area contributed by atoms with Gasteiger partial charge in [-0.1, -0.05) is 214 Å². The molecule has 0 bridgehead atoms. The molecule has 1 heteroatoms. The van der Waals surface area contributed by atoms with Crippen molar-refractivity contribution in [2.75, 3.05) is 4.90 Å². The monoisotopic (exact) mass is 827 g/mol. The number of benzene rings is 10. The second-order valence-electron chi connectivity index (χ2n) is 18.4. The van der Waals surface area contributed by atoms with Gasteiger partial charge in [0.05, 0.1) is 11.1 Å².